The molecule has 6 heteroatoms. The van der Waals surface area contributed by atoms with E-state index in [1.54, 1.807) is 0 Å². The fourth-order valence-electron chi connectivity index (χ4n) is 4.51. The van der Waals surface area contributed by atoms with Crippen molar-refractivity contribution in [3.8, 4) is 0 Å². The van der Waals surface area contributed by atoms with Crippen LogP contribution < -0.4 is 0 Å². The molecular weight excluding hydrogens is 290 g/mol. The summed E-state index contributed by atoms with van der Waals surface area (Å²) in [6, 6.07) is 0. The summed E-state index contributed by atoms with van der Waals surface area (Å²) < 4.78 is 30.8. The van der Waals surface area contributed by atoms with Gasteiger partial charge in [-0.2, -0.15) is 0 Å². The van der Waals surface area contributed by atoms with Crippen molar-refractivity contribution < 1.29 is 9.13 Å². The number of hydrogen-bond acceptors (Lipinski definition) is 2. The van der Waals surface area contributed by atoms with E-state index in [9.17, 15) is 9.13 Å². The monoisotopic (exact) mass is 314 g/mol. The minimum Gasteiger partial charge on any atom is -0.305 e. The van der Waals surface area contributed by atoms with Crippen LogP contribution in [0.25, 0.3) is 0 Å². The molecule has 0 aliphatic carbocycles. The molecule has 0 aromatic heterocycles. The number of nitrogens with zero attached hydrogens (tertiary/aromatic N) is 2. The fourth-order valence-corrected chi connectivity index (χ4v) is 12.9. The summed E-state index contributed by atoms with van der Waals surface area (Å²) in [4.78, 5) is 0. The van der Waals surface area contributed by atoms with E-state index in [-0.39, 0.29) is 22.9 Å². The third-order valence-electron chi connectivity index (χ3n) is 5.38. The van der Waals surface area contributed by atoms with Gasteiger partial charge in [-0.05, 0) is 47.9 Å². The van der Waals surface area contributed by atoms with Gasteiger partial charge in [0.05, 0.1) is 17.0 Å². The van der Waals surface area contributed by atoms with E-state index in [0.29, 0.717) is 0 Å². The lowest BCUT2D eigenvalue weighted by Gasteiger charge is -2.31. The van der Waals surface area contributed by atoms with E-state index in [1.807, 2.05) is 43.3 Å². The first-order chi connectivity index (χ1) is 9.15. The van der Waals surface area contributed by atoms with Crippen molar-refractivity contribution in [2.24, 2.45) is 5.92 Å². The van der Waals surface area contributed by atoms with Crippen LogP contribution in [0.3, 0.4) is 0 Å². The van der Waals surface area contributed by atoms with Crippen LogP contribution in [-0.4, -0.2) is 54.5 Å². The van der Waals surface area contributed by atoms with Gasteiger partial charge < -0.3 is 9.13 Å². The molecular formula is C14H24N2O2P2. The van der Waals surface area contributed by atoms with Gasteiger partial charge in [-0.3, -0.25) is 9.34 Å². The maximum atomic E-state index is 13.6. The summed E-state index contributed by atoms with van der Waals surface area (Å²) in [5, 5.41) is 0. The molecule has 0 spiro atoms. The van der Waals surface area contributed by atoms with Crippen LogP contribution >= 0.6 is 14.6 Å². The third kappa shape index (κ3) is 1.47. The highest BCUT2D eigenvalue weighted by atomic mass is 31.2. The molecule has 3 aliphatic heterocycles. The van der Waals surface area contributed by atoms with E-state index < -0.39 is 14.6 Å². The standard InChI is InChI=1S/C14H24N2O2P2/c1-9-7-11-14-12(13(9)20(11,18)16(5)6)10(2)8-19(14,17)15(3)4/h7-8,11-14H,1-6H3/t11-,12-,13+,14+,19?,20?/m0/s1. The van der Waals surface area contributed by atoms with Crippen molar-refractivity contribution in [2.45, 2.75) is 30.8 Å². The highest BCUT2D eigenvalue weighted by Gasteiger charge is 2.69. The van der Waals surface area contributed by atoms with Crippen LogP contribution in [0.4, 0.5) is 0 Å². The van der Waals surface area contributed by atoms with Gasteiger partial charge in [-0.25, -0.2) is 0 Å². The Balaban J connectivity index is 2.20. The van der Waals surface area contributed by atoms with Crippen LogP contribution in [0.1, 0.15) is 13.8 Å². The summed E-state index contributed by atoms with van der Waals surface area (Å²) >= 11 is 0. The molecule has 0 saturated carbocycles. The van der Waals surface area contributed by atoms with Crippen molar-refractivity contribution in [1.29, 1.82) is 0 Å². The summed E-state index contributed by atoms with van der Waals surface area (Å²) in [5.41, 5.74) is 2.44. The zero-order chi connectivity index (χ0) is 15.0. The van der Waals surface area contributed by atoms with Gasteiger partial charge in [0.2, 0.25) is 0 Å². The number of fused-ring (bicyclic) bond motifs is 5. The molecule has 2 bridgehead atoms. The second-order valence-corrected chi connectivity index (χ2v) is 13.1. The second-order valence-electron chi connectivity index (χ2n) is 6.77. The SMILES string of the molecule is CC1=CP(=O)(N(C)C)[C@H]2[C@@H]1[C@H]1C(C)=C[C@@H]2P1(=O)N(C)C. The Hall–Kier alpha value is -0.140. The van der Waals surface area contributed by atoms with Gasteiger partial charge in [0.15, 0.2) is 14.6 Å². The Labute approximate surface area is 121 Å². The van der Waals surface area contributed by atoms with Gasteiger partial charge in [0.1, 0.15) is 0 Å². The molecule has 0 N–H and O–H groups in total. The van der Waals surface area contributed by atoms with Crippen LogP contribution in [0, 0.1) is 5.92 Å². The van der Waals surface area contributed by atoms with Gasteiger partial charge in [-0.15, -0.1) is 0 Å². The van der Waals surface area contributed by atoms with Crippen molar-refractivity contribution in [1.82, 2.24) is 9.34 Å². The molecule has 20 heavy (non-hydrogen) atoms. The highest BCUT2D eigenvalue weighted by molar-refractivity contribution is 7.70. The van der Waals surface area contributed by atoms with Crippen LogP contribution in [0.15, 0.2) is 23.0 Å². The predicted molar refractivity (Wildman–Crippen MR) is 85.0 cm³/mol. The first-order valence-electron chi connectivity index (χ1n) is 7.07. The van der Waals surface area contributed by atoms with Crippen molar-refractivity contribution in [2.75, 3.05) is 28.2 Å². The van der Waals surface area contributed by atoms with E-state index in [4.69, 9.17) is 0 Å². The molecule has 4 nitrogen and oxygen atoms in total. The molecule has 112 valence electrons. The molecule has 1 fully saturated rings. The summed E-state index contributed by atoms with van der Waals surface area (Å²) in [6.07, 6.45) is 2.15. The Morgan fingerprint density at radius 3 is 2.10 bits per heavy atom. The van der Waals surface area contributed by atoms with Crippen molar-refractivity contribution >= 4 is 14.6 Å². The maximum absolute atomic E-state index is 13.6. The van der Waals surface area contributed by atoms with E-state index in [0.717, 1.165) is 0 Å². The molecule has 6 atom stereocenters. The normalized spacial score (nSPS) is 49.8. The third-order valence-corrected chi connectivity index (χ3v) is 13.2. The Morgan fingerprint density at radius 1 is 1.00 bits per heavy atom. The number of rotatable bonds is 2. The summed E-state index contributed by atoms with van der Waals surface area (Å²) in [7, 11) is 2.53. The molecule has 3 heterocycles. The van der Waals surface area contributed by atoms with Crippen molar-refractivity contribution in [3.63, 3.8) is 0 Å². The van der Waals surface area contributed by atoms with Gasteiger partial charge in [0, 0.05) is 5.92 Å². The summed E-state index contributed by atoms with van der Waals surface area (Å²) in [5.74, 6) is 2.18. The topological polar surface area (TPSA) is 40.6 Å². The van der Waals surface area contributed by atoms with Gasteiger partial charge in [-0.1, -0.05) is 17.2 Å². The molecule has 0 amide bonds. The number of allylic oxidation sites excluding steroid dienone is 3. The molecule has 3 aliphatic rings. The Morgan fingerprint density at radius 2 is 1.60 bits per heavy atom. The summed E-state index contributed by atoms with van der Waals surface area (Å²) in [6.45, 7) is 4.15. The fraction of sp³-hybridized carbons (Fsp3) is 0.714. The first-order valence-corrected chi connectivity index (χ1v) is 10.7. The van der Waals surface area contributed by atoms with Crippen molar-refractivity contribution in [3.05, 3.63) is 23.0 Å². The zero-order valence-electron chi connectivity index (χ0n) is 13.1. The zero-order valence-corrected chi connectivity index (χ0v) is 14.9. The lowest BCUT2D eigenvalue weighted by Crippen LogP contribution is -2.31. The van der Waals surface area contributed by atoms with Crippen LogP contribution in [-0.2, 0) is 9.13 Å². The molecule has 1 saturated heterocycles. The maximum Gasteiger partial charge on any atom is 0.175 e. The van der Waals surface area contributed by atoms with Gasteiger partial charge in [0.25, 0.3) is 0 Å². The Kier molecular flexibility index (Phi) is 3.10. The lowest BCUT2D eigenvalue weighted by atomic mass is 9.85. The van der Waals surface area contributed by atoms with E-state index in [1.165, 1.54) is 11.1 Å². The predicted octanol–water partition coefficient (Wildman–Crippen LogP) is 3.28. The average Bonchev–Trinajstić information content (AvgIpc) is 2.85. The second kappa shape index (κ2) is 4.20. The highest BCUT2D eigenvalue weighted by Crippen LogP contribution is 2.82. The molecule has 0 aromatic rings. The molecule has 2 unspecified atom stereocenters. The molecule has 0 aromatic carbocycles. The minimum absolute atomic E-state index is 0.0134. The number of hydrogen-bond donors (Lipinski definition) is 0. The minimum atomic E-state index is -2.56. The Bertz CT molecular complexity index is 621. The smallest absolute Gasteiger partial charge is 0.175 e. The van der Waals surface area contributed by atoms with Crippen LogP contribution in [0.2, 0.25) is 0 Å². The lowest BCUT2D eigenvalue weighted by molar-refractivity contribution is 0.493. The first kappa shape index (κ1) is 14.8. The average molecular weight is 314 g/mol. The van der Waals surface area contributed by atoms with E-state index in [2.05, 4.69) is 19.9 Å². The van der Waals surface area contributed by atoms with Gasteiger partial charge >= 0.3 is 0 Å². The molecule has 0 radical (unpaired) electrons. The quantitative estimate of drug-likeness (QED) is 0.579. The largest absolute Gasteiger partial charge is 0.305 e. The van der Waals surface area contributed by atoms with E-state index >= 15 is 0 Å². The van der Waals surface area contributed by atoms with Crippen LogP contribution in [0.5, 0.6) is 0 Å². The molecule has 3 rings (SSSR count).